The molecule has 0 aliphatic rings. The van der Waals surface area contributed by atoms with E-state index in [4.69, 9.17) is 4.28 Å². The maximum absolute atomic E-state index is 12.6. The highest BCUT2D eigenvalue weighted by molar-refractivity contribution is 7.86. The molecule has 0 saturated heterocycles. The molecule has 0 aromatic heterocycles. The Labute approximate surface area is 145 Å². The Kier molecular flexibility index (Phi) is 6.75. The van der Waals surface area contributed by atoms with Gasteiger partial charge in [-0.2, -0.15) is 8.42 Å². The van der Waals surface area contributed by atoms with Crippen LogP contribution in [0.2, 0.25) is 0 Å². The molecule has 1 aromatic carbocycles. The number of allylic oxidation sites excluding steroid dienone is 1. The van der Waals surface area contributed by atoms with Gasteiger partial charge in [-0.3, -0.25) is 4.79 Å². The van der Waals surface area contributed by atoms with Gasteiger partial charge in [0, 0.05) is 6.08 Å². The van der Waals surface area contributed by atoms with Crippen molar-refractivity contribution >= 4 is 16.0 Å². The number of amides is 1. The Morgan fingerprint density at radius 3 is 2.42 bits per heavy atom. The first-order chi connectivity index (χ1) is 11.0. The molecular formula is C18H27NO4S. The van der Waals surface area contributed by atoms with Crippen LogP contribution in [-0.2, 0) is 31.0 Å². The van der Waals surface area contributed by atoms with E-state index in [1.807, 2.05) is 33.2 Å². The topological polar surface area (TPSA) is 72.5 Å². The van der Waals surface area contributed by atoms with Gasteiger partial charge in [-0.25, -0.2) is 5.48 Å². The summed E-state index contributed by atoms with van der Waals surface area (Å²) in [5.74, 6) is -0.626. The lowest BCUT2D eigenvalue weighted by Crippen LogP contribution is -2.28. The number of benzene rings is 1. The summed E-state index contributed by atoms with van der Waals surface area (Å²) in [5, 5.41) is 0. The van der Waals surface area contributed by atoms with E-state index in [1.54, 1.807) is 19.1 Å². The highest BCUT2D eigenvalue weighted by Gasteiger charge is 2.30. The molecule has 6 heteroatoms. The first-order valence-corrected chi connectivity index (χ1v) is 9.44. The molecular weight excluding hydrogens is 326 g/mol. The number of nitrogens with one attached hydrogen (secondary N) is 1. The van der Waals surface area contributed by atoms with Gasteiger partial charge in [0.25, 0.3) is 5.91 Å². The molecule has 0 aliphatic heterocycles. The molecule has 1 N–H and O–H groups in total. The minimum Gasteiger partial charge on any atom is -0.268 e. The van der Waals surface area contributed by atoms with Crippen LogP contribution < -0.4 is 5.48 Å². The molecule has 24 heavy (non-hydrogen) atoms. The third-order valence-electron chi connectivity index (χ3n) is 3.60. The Hall–Kier alpha value is -1.66. The summed E-state index contributed by atoms with van der Waals surface area (Å²) < 4.78 is 30.0. The van der Waals surface area contributed by atoms with Crippen LogP contribution in [-0.4, -0.2) is 14.3 Å². The average molecular weight is 353 g/mol. The molecule has 0 atom stereocenters. The average Bonchev–Trinajstić information content (AvgIpc) is 2.46. The molecule has 0 aliphatic carbocycles. The summed E-state index contributed by atoms with van der Waals surface area (Å²) in [6, 6.07) is 3.33. The van der Waals surface area contributed by atoms with Gasteiger partial charge in [0.15, 0.2) is 0 Å². The van der Waals surface area contributed by atoms with Crippen molar-refractivity contribution in [2.24, 2.45) is 0 Å². The minimum absolute atomic E-state index is 0.102. The largest absolute Gasteiger partial charge is 0.317 e. The van der Waals surface area contributed by atoms with Crippen LogP contribution in [0.4, 0.5) is 0 Å². The van der Waals surface area contributed by atoms with E-state index < -0.39 is 16.0 Å². The van der Waals surface area contributed by atoms with Gasteiger partial charge in [-0.15, -0.1) is 4.28 Å². The Morgan fingerprint density at radius 2 is 1.92 bits per heavy atom. The fourth-order valence-electron chi connectivity index (χ4n) is 2.66. The summed E-state index contributed by atoms with van der Waals surface area (Å²) in [6.07, 6.45) is 4.38. The number of rotatable bonds is 6. The van der Waals surface area contributed by atoms with Crippen LogP contribution in [0.5, 0.6) is 0 Å². The van der Waals surface area contributed by atoms with Gasteiger partial charge in [-0.1, -0.05) is 46.3 Å². The molecule has 1 aromatic rings. The first-order valence-electron chi connectivity index (χ1n) is 8.03. The molecule has 5 nitrogen and oxygen atoms in total. The number of carbonyl (C=O) groups excluding carboxylic acids is 1. The highest BCUT2D eigenvalue weighted by atomic mass is 32.2. The number of carbonyl (C=O) groups is 1. The predicted molar refractivity (Wildman–Crippen MR) is 95.1 cm³/mol. The Balaban J connectivity index is 3.42. The summed E-state index contributed by atoms with van der Waals surface area (Å²) in [4.78, 5) is 11.5. The molecule has 0 heterocycles. The second-order valence-corrected chi connectivity index (χ2v) is 8.25. The Bertz CT molecular complexity index is 728. The number of aryl methyl sites for hydroxylation is 1. The summed E-state index contributed by atoms with van der Waals surface area (Å²) in [6.45, 7) is 11.6. The lowest BCUT2D eigenvalue weighted by molar-refractivity contribution is -0.122. The van der Waals surface area contributed by atoms with Crippen molar-refractivity contribution in [1.82, 2.24) is 5.48 Å². The van der Waals surface area contributed by atoms with Gasteiger partial charge >= 0.3 is 10.1 Å². The number of hydrogen-bond donors (Lipinski definition) is 1. The summed E-state index contributed by atoms with van der Waals surface area (Å²) >= 11 is 0. The maximum atomic E-state index is 12.6. The zero-order chi connectivity index (χ0) is 18.5. The van der Waals surface area contributed by atoms with Gasteiger partial charge in [0.1, 0.15) is 4.90 Å². The van der Waals surface area contributed by atoms with Crippen LogP contribution >= 0.6 is 0 Å². The number of hydroxylamine groups is 1. The fourth-order valence-corrected chi connectivity index (χ4v) is 3.86. The van der Waals surface area contributed by atoms with E-state index in [0.29, 0.717) is 0 Å². The zero-order valence-electron chi connectivity index (χ0n) is 15.3. The molecule has 0 bridgehead atoms. The van der Waals surface area contributed by atoms with Crippen molar-refractivity contribution in [3.63, 3.8) is 0 Å². The van der Waals surface area contributed by atoms with Crippen LogP contribution in [0.3, 0.4) is 0 Å². The molecule has 0 radical (unpaired) electrons. The summed E-state index contributed by atoms with van der Waals surface area (Å²) in [5.41, 5.74) is 4.39. The van der Waals surface area contributed by atoms with E-state index in [2.05, 4.69) is 6.92 Å². The van der Waals surface area contributed by atoms with Crippen LogP contribution in [0.1, 0.15) is 57.7 Å². The molecule has 0 saturated carbocycles. The molecule has 1 rings (SSSR count). The van der Waals surface area contributed by atoms with Gasteiger partial charge < -0.3 is 0 Å². The van der Waals surface area contributed by atoms with Crippen molar-refractivity contribution in [2.75, 3.05) is 0 Å². The van der Waals surface area contributed by atoms with Gasteiger partial charge in [-0.05, 0) is 48.4 Å². The predicted octanol–water partition coefficient (Wildman–Crippen LogP) is 3.56. The SMILES string of the molecule is CC=CC(=O)NOS(=O)(=O)c1ccc(C)c(CCC)c1C(C)(C)C. The maximum Gasteiger partial charge on any atom is 0.317 e. The lowest BCUT2D eigenvalue weighted by atomic mass is 9.81. The van der Waals surface area contributed by atoms with Crippen LogP contribution in [0, 0.1) is 6.92 Å². The van der Waals surface area contributed by atoms with E-state index >= 15 is 0 Å². The first kappa shape index (κ1) is 20.4. The monoisotopic (exact) mass is 353 g/mol. The van der Waals surface area contributed by atoms with Crippen molar-refractivity contribution in [2.45, 2.75) is 64.7 Å². The third kappa shape index (κ3) is 4.92. The fraction of sp³-hybridized carbons (Fsp3) is 0.500. The van der Waals surface area contributed by atoms with Crippen molar-refractivity contribution in [3.05, 3.63) is 41.0 Å². The highest BCUT2D eigenvalue weighted by Crippen LogP contribution is 2.35. The lowest BCUT2D eigenvalue weighted by Gasteiger charge is -2.27. The summed E-state index contributed by atoms with van der Waals surface area (Å²) in [7, 11) is -4.11. The van der Waals surface area contributed by atoms with Crippen molar-refractivity contribution in [3.8, 4) is 0 Å². The van der Waals surface area contributed by atoms with Crippen LogP contribution in [0.15, 0.2) is 29.2 Å². The molecule has 0 spiro atoms. The van der Waals surface area contributed by atoms with Crippen LogP contribution in [0.25, 0.3) is 0 Å². The molecule has 1 amide bonds. The molecule has 0 fully saturated rings. The van der Waals surface area contributed by atoms with Gasteiger partial charge in [0.05, 0.1) is 0 Å². The van der Waals surface area contributed by atoms with E-state index in [0.717, 1.165) is 29.5 Å². The third-order valence-corrected chi connectivity index (χ3v) is 4.78. The molecule has 134 valence electrons. The smallest absolute Gasteiger partial charge is 0.268 e. The quantitative estimate of drug-likeness (QED) is 0.627. The number of hydrogen-bond acceptors (Lipinski definition) is 4. The van der Waals surface area contributed by atoms with Gasteiger partial charge in [0.2, 0.25) is 0 Å². The molecule has 0 unspecified atom stereocenters. The van der Waals surface area contributed by atoms with Crippen molar-refractivity contribution in [1.29, 1.82) is 0 Å². The second kappa shape index (κ2) is 7.94. The van der Waals surface area contributed by atoms with E-state index in [1.165, 1.54) is 12.2 Å². The van der Waals surface area contributed by atoms with E-state index in [-0.39, 0.29) is 10.3 Å². The Morgan fingerprint density at radius 1 is 1.29 bits per heavy atom. The normalized spacial score (nSPS) is 12.6. The van der Waals surface area contributed by atoms with Crippen molar-refractivity contribution < 1.29 is 17.5 Å². The zero-order valence-corrected chi connectivity index (χ0v) is 16.1. The minimum atomic E-state index is -4.11. The standard InChI is InChI=1S/C18H27NO4S/c1-7-9-14-13(3)11-12-15(17(14)18(4,5)6)24(21,22)23-19-16(20)10-8-2/h8,10-12H,7,9H2,1-6H3,(H,19,20). The van der Waals surface area contributed by atoms with E-state index in [9.17, 15) is 13.2 Å². The second-order valence-electron chi connectivity index (χ2n) is 6.74.